The number of hydrogen-bond acceptors (Lipinski definition) is 2. The summed E-state index contributed by atoms with van der Waals surface area (Å²) in [7, 11) is 1.64. The van der Waals surface area contributed by atoms with E-state index < -0.39 is 0 Å². The second kappa shape index (κ2) is 3.35. The SMILES string of the molecule is COc1cc(Br)c2occ(Br)c2c1. The standard InChI is InChI=1S/C9H6Br2O2/c1-12-5-2-6-8(11)4-13-9(6)7(10)3-5/h2-4H,1H3. The lowest BCUT2D eigenvalue weighted by Gasteiger charge is -2.00. The van der Waals surface area contributed by atoms with Crippen molar-refractivity contribution in [3.63, 3.8) is 0 Å². The quantitative estimate of drug-likeness (QED) is 0.795. The number of benzene rings is 1. The van der Waals surface area contributed by atoms with Crippen LogP contribution in [-0.4, -0.2) is 7.11 Å². The van der Waals surface area contributed by atoms with Crippen LogP contribution >= 0.6 is 31.9 Å². The maximum atomic E-state index is 5.33. The van der Waals surface area contributed by atoms with Crippen molar-refractivity contribution in [2.24, 2.45) is 0 Å². The Hall–Kier alpha value is -0.480. The van der Waals surface area contributed by atoms with Crippen LogP contribution in [0.5, 0.6) is 5.75 Å². The predicted octanol–water partition coefficient (Wildman–Crippen LogP) is 3.97. The Balaban J connectivity index is 2.80. The molecule has 2 rings (SSSR count). The molecular weight excluding hydrogens is 300 g/mol. The minimum absolute atomic E-state index is 0.807. The summed E-state index contributed by atoms with van der Waals surface area (Å²) < 4.78 is 12.3. The Morgan fingerprint density at radius 3 is 2.69 bits per heavy atom. The lowest BCUT2D eigenvalue weighted by atomic mass is 10.2. The lowest BCUT2D eigenvalue weighted by molar-refractivity contribution is 0.415. The van der Waals surface area contributed by atoms with Crippen LogP contribution in [0.1, 0.15) is 0 Å². The van der Waals surface area contributed by atoms with Crippen LogP contribution in [-0.2, 0) is 0 Å². The molecule has 1 heterocycles. The van der Waals surface area contributed by atoms with Crippen LogP contribution in [0.3, 0.4) is 0 Å². The van der Waals surface area contributed by atoms with E-state index in [1.165, 1.54) is 0 Å². The third-order valence-corrected chi connectivity index (χ3v) is 2.99. The van der Waals surface area contributed by atoms with Gasteiger partial charge in [0.05, 0.1) is 16.1 Å². The Labute approximate surface area is 92.1 Å². The summed E-state index contributed by atoms with van der Waals surface area (Å²) in [6.07, 6.45) is 1.66. The van der Waals surface area contributed by atoms with Crippen molar-refractivity contribution in [1.82, 2.24) is 0 Å². The van der Waals surface area contributed by atoms with Crippen LogP contribution in [0.4, 0.5) is 0 Å². The fourth-order valence-electron chi connectivity index (χ4n) is 1.16. The fourth-order valence-corrected chi connectivity index (χ4v) is 2.08. The molecule has 0 N–H and O–H groups in total. The Morgan fingerprint density at radius 2 is 2.00 bits per heavy atom. The molecular formula is C9H6Br2O2. The van der Waals surface area contributed by atoms with E-state index in [0.29, 0.717) is 0 Å². The third-order valence-electron chi connectivity index (χ3n) is 1.79. The molecule has 0 amide bonds. The van der Waals surface area contributed by atoms with E-state index in [1.54, 1.807) is 13.4 Å². The number of hydrogen-bond donors (Lipinski definition) is 0. The molecule has 0 bridgehead atoms. The minimum Gasteiger partial charge on any atom is -0.497 e. The van der Waals surface area contributed by atoms with Crippen molar-refractivity contribution in [2.75, 3.05) is 7.11 Å². The molecule has 0 radical (unpaired) electrons. The number of rotatable bonds is 1. The second-order valence-electron chi connectivity index (χ2n) is 2.57. The Morgan fingerprint density at radius 1 is 1.23 bits per heavy atom. The molecule has 1 aromatic heterocycles. The highest BCUT2D eigenvalue weighted by Crippen LogP contribution is 2.34. The average molecular weight is 306 g/mol. The van der Waals surface area contributed by atoms with Gasteiger partial charge in [0.25, 0.3) is 0 Å². The summed E-state index contributed by atoms with van der Waals surface area (Å²) in [4.78, 5) is 0. The van der Waals surface area contributed by atoms with Gasteiger partial charge in [0, 0.05) is 5.39 Å². The maximum absolute atomic E-state index is 5.33. The first-order valence-corrected chi connectivity index (χ1v) is 5.21. The normalized spacial score (nSPS) is 10.7. The van der Waals surface area contributed by atoms with E-state index in [-0.39, 0.29) is 0 Å². The van der Waals surface area contributed by atoms with Gasteiger partial charge in [0.15, 0.2) is 0 Å². The van der Waals surface area contributed by atoms with E-state index in [0.717, 1.165) is 25.7 Å². The molecule has 2 nitrogen and oxygen atoms in total. The molecule has 13 heavy (non-hydrogen) atoms. The van der Waals surface area contributed by atoms with Gasteiger partial charge in [-0.25, -0.2) is 0 Å². The first-order chi connectivity index (χ1) is 6.22. The van der Waals surface area contributed by atoms with Gasteiger partial charge in [0.1, 0.15) is 17.6 Å². The van der Waals surface area contributed by atoms with E-state index in [9.17, 15) is 0 Å². The number of methoxy groups -OCH3 is 1. The minimum atomic E-state index is 0.807. The Bertz CT molecular complexity index is 448. The number of ether oxygens (including phenoxy) is 1. The zero-order chi connectivity index (χ0) is 9.42. The van der Waals surface area contributed by atoms with E-state index in [1.807, 2.05) is 12.1 Å². The molecule has 1 aromatic carbocycles. The fraction of sp³-hybridized carbons (Fsp3) is 0.111. The number of halogens is 2. The van der Waals surface area contributed by atoms with E-state index in [4.69, 9.17) is 9.15 Å². The maximum Gasteiger partial charge on any atom is 0.149 e. The van der Waals surface area contributed by atoms with Crippen molar-refractivity contribution in [2.45, 2.75) is 0 Å². The summed E-state index contributed by atoms with van der Waals surface area (Å²) in [6.45, 7) is 0. The third kappa shape index (κ3) is 1.48. The highest BCUT2D eigenvalue weighted by molar-refractivity contribution is 9.11. The number of furan rings is 1. The van der Waals surface area contributed by atoms with Gasteiger partial charge in [-0.1, -0.05) is 0 Å². The molecule has 0 aliphatic rings. The molecule has 0 aliphatic carbocycles. The van der Waals surface area contributed by atoms with E-state index in [2.05, 4.69) is 31.9 Å². The lowest BCUT2D eigenvalue weighted by Crippen LogP contribution is -1.81. The highest BCUT2D eigenvalue weighted by Gasteiger charge is 2.08. The van der Waals surface area contributed by atoms with Crippen molar-refractivity contribution in [3.05, 3.63) is 27.3 Å². The van der Waals surface area contributed by atoms with Gasteiger partial charge < -0.3 is 9.15 Å². The predicted molar refractivity (Wildman–Crippen MR) is 58.2 cm³/mol. The zero-order valence-corrected chi connectivity index (χ0v) is 9.98. The average Bonchev–Trinajstić information content (AvgIpc) is 2.48. The highest BCUT2D eigenvalue weighted by atomic mass is 79.9. The van der Waals surface area contributed by atoms with Gasteiger partial charge in [-0.3, -0.25) is 0 Å². The summed E-state index contributed by atoms with van der Waals surface area (Å²) in [5, 5.41) is 1.01. The largest absolute Gasteiger partial charge is 0.497 e. The molecule has 4 heteroatoms. The summed E-state index contributed by atoms with van der Waals surface area (Å²) in [5.74, 6) is 0.807. The molecule has 0 saturated heterocycles. The second-order valence-corrected chi connectivity index (χ2v) is 4.28. The first-order valence-electron chi connectivity index (χ1n) is 3.62. The van der Waals surface area contributed by atoms with Crippen LogP contribution in [0, 0.1) is 0 Å². The summed E-state index contributed by atoms with van der Waals surface area (Å²) >= 11 is 6.80. The molecule has 0 unspecified atom stereocenters. The Kier molecular flexibility index (Phi) is 2.34. The van der Waals surface area contributed by atoms with Crippen LogP contribution in [0.15, 0.2) is 31.8 Å². The van der Waals surface area contributed by atoms with Crippen LogP contribution < -0.4 is 4.74 Å². The monoisotopic (exact) mass is 304 g/mol. The summed E-state index contributed by atoms with van der Waals surface area (Å²) in [6, 6.07) is 3.80. The molecule has 0 fully saturated rings. The molecule has 0 saturated carbocycles. The van der Waals surface area contributed by atoms with Crippen LogP contribution in [0.2, 0.25) is 0 Å². The summed E-state index contributed by atoms with van der Waals surface area (Å²) in [5.41, 5.74) is 0.827. The molecule has 0 atom stereocenters. The van der Waals surface area contributed by atoms with Crippen molar-refractivity contribution in [3.8, 4) is 5.75 Å². The number of fused-ring (bicyclic) bond motifs is 1. The van der Waals surface area contributed by atoms with Gasteiger partial charge in [-0.2, -0.15) is 0 Å². The van der Waals surface area contributed by atoms with Crippen molar-refractivity contribution >= 4 is 42.8 Å². The molecule has 0 spiro atoms. The van der Waals surface area contributed by atoms with Crippen LogP contribution in [0.25, 0.3) is 11.0 Å². The topological polar surface area (TPSA) is 22.4 Å². The molecule has 0 aliphatic heterocycles. The van der Waals surface area contributed by atoms with Crippen molar-refractivity contribution in [1.29, 1.82) is 0 Å². The van der Waals surface area contributed by atoms with Gasteiger partial charge >= 0.3 is 0 Å². The van der Waals surface area contributed by atoms with Crippen molar-refractivity contribution < 1.29 is 9.15 Å². The molecule has 2 aromatic rings. The molecule has 68 valence electrons. The van der Waals surface area contributed by atoms with Gasteiger partial charge in [-0.05, 0) is 44.0 Å². The van der Waals surface area contributed by atoms with Gasteiger partial charge in [0.2, 0.25) is 0 Å². The first kappa shape index (κ1) is 9.09. The smallest absolute Gasteiger partial charge is 0.149 e. The van der Waals surface area contributed by atoms with Gasteiger partial charge in [-0.15, -0.1) is 0 Å². The van der Waals surface area contributed by atoms with E-state index >= 15 is 0 Å². The zero-order valence-electron chi connectivity index (χ0n) is 6.80.